The first-order valence-electron chi connectivity index (χ1n) is 11.3. The van der Waals surface area contributed by atoms with Gasteiger partial charge in [-0.25, -0.2) is 0 Å². The Labute approximate surface area is 195 Å². The molecule has 0 radical (unpaired) electrons. The Morgan fingerprint density at radius 2 is 1.53 bits per heavy atom. The molecule has 0 unspecified atom stereocenters. The minimum absolute atomic E-state index is 0.0253. The number of fused-ring (bicyclic) bond motifs is 2. The lowest BCUT2D eigenvalue weighted by Crippen LogP contribution is -2.25. The molecule has 5 heteroatoms. The molecule has 4 N–H and O–H groups in total. The van der Waals surface area contributed by atoms with E-state index in [1.54, 1.807) is 0 Å². The van der Waals surface area contributed by atoms with Crippen LogP contribution in [0.4, 0.5) is 11.4 Å². The van der Waals surface area contributed by atoms with Gasteiger partial charge in [-0.15, -0.1) is 0 Å². The molecule has 2 aliphatic carbocycles. The van der Waals surface area contributed by atoms with Crippen LogP contribution in [0, 0.1) is 6.92 Å². The van der Waals surface area contributed by atoms with Crippen molar-refractivity contribution in [3.63, 3.8) is 0 Å². The van der Waals surface area contributed by atoms with Gasteiger partial charge in [-0.3, -0.25) is 9.52 Å². The Kier molecular flexibility index (Phi) is 7.51. The molecule has 0 saturated carbocycles. The summed E-state index contributed by atoms with van der Waals surface area (Å²) in [5.74, 6) is 0.0253. The maximum Gasteiger partial charge on any atom is 0.239 e. The summed E-state index contributed by atoms with van der Waals surface area (Å²) < 4.78 is 3.14. The Morgan fingerprint density at radius 1 is 0.906 bits per heavy atom. The molecule has 0 bridgehead atoms. The van der Waals surface area contributed by atoms with Gasteiger partial charge in [0, 0.05) is 16.3 Å². The second kappa shape index (κ2) is 10.7. The largest absolute Gasteiger partial charge is 0.399 e. The number of amides is 1. The Hall–Kier alpha value is -2.76. The van der Waals surface area contributed by atoms with E-state index in [9.17, 15) is 4.79 Å². The van der Waals surface area contributed by atoms with Gasteiger partial charge in [-0.05, 0) is 104 Å². The topological polar surface area (TPSA) is 67.1 Å². The van der Waals surface area contributed by atoms with Crippen LogP contribution in [0.1, 0.15) is 40.7 Å². The minimum Gasteiger partial charge on any atom is -0.399 e. The number of aryl methyl sites for hydroxylation is 3. The number of benzene rings is 3. The zero-order chi connectivity index (χ0) is 22.3. The van der Waals surface area contributed by atoms with E-state index in [0.717, 1.165) is 42.0 Å². The van der Waals surface area contributed by atoms with Crippen molar-refractivity contribution in [3.8, 4) is 0 Å². The number of nitrogen functional groups attached to an aromatic ring is 1. The molecule has 0 fully saturated rings. The van der Waals surface area contributed by atoms with Crippen LogP contribution in [-0.4, -0.2) is 12.5 Å². The second-order valence-electron chi connectivity index (χ2n) is 8.43. The molecule has 3 aromatic rings. The van der Waals surface area contributed by atoms with Gasteiger partial charge in [-0.2, -0.15) is 0 Å². The number of nitrogens with one attached hydrogen (secondary N) is 2. The van der Waals surface area contributed by atoms with Crippen LogP contribution in [0.3, 0.4) is 0 Å². The van der Waals surface area contributed by atoms with Gasteiger partial charge < -0.3 is 11.1 Å². The van der Waals surface area contributed by atoms with E-state index in [0.29, 0.717) is 0 Å². The molecule has 4 nitrogen and oxygen atoms in total. The van der Waals surface area contributed by atoms with Crippen molar-refractivity contribution in [2.45, 2.75) is 50.3 Å². The van der Waals surface area contributed by atoms with Gasteiger partial charge in [0.25, 0.3) is 0 Å². The fourth-order valence-corrected chi connectivity index (χ4v) is 5.05. The van der Waals surface area contributed by atoms with Gasteiger partial charge in [0.05, 0.1) is 6.54 Å². The lowest BCUT2D eigenvalue weighted by atomic mass is 9.98. The lowest BCUT2D eigenvalue weighted by Gasteiger charge is -2.16. The molecule has 0 saturated heterocycles. The van der Waals surface area contributed by atoms with Gasteiger partial charge >= 0.3 is 0 Å². The molecule has 0 heterocycles. The summed E-state index contributed by atoms with van der Waals surface area (Å²) in [5.41, 5.74) is 14.5. The molecule has 32 heavy (non-hydrogen) atoms. The maximum absolute atomic E-state index is 12.4. The Bertz CT molecular complexity index is 1030. The Balaban J connectivity index is 0.000000300. The third kappa shape index (κ3) is 5.72. The summed E-state index contributed by atoms with van der Waals surface area (Å²) in [7, 11) is 0. The van der Waals surface area contributed by atoms with E-state index in [2.05, 4.69) is 35.2 Å². The molecular formula is C27H31N3OS. The lowest BCUT2D eigenvalue weighted by molar-refractivity contribution is -0.115. The van der Waals surface area contributed by atoms with Crippen LogP contribution in [-0.2, 0) is 30.5 Å². The summed E-state index contributed by atoms with van der Waals surface area (Å²) in [6.07, 6.45) is 6.88. The highest BCUT2D eigenvalue weighted by Crippen LogP contribution is 2.38. The zero-order valence-corrected chi connectivity index (χ0v) is 19.4. The van der Waals surface area contributed by atoms with E-state index in [1.165, 1.54) is 52.6 Å². The first kappa shape index (κ1) is 22.4. The molecule has 0 atom stereocenters. The maximum atomic E-state index is 12.4. The molecule has 0 aromatic heterocycles. The number of carbonyl (C=O) groups is 1. The Morgan fingerprint density at radius 3 is 2.09 bits per heavy atom. The van der Waals surface area contributed by atoms with Crippen LogP contribution in [0.25, 0.3) is 0 Å². The van der Waals surface area contributed by atoms with E-state index in [1.807, 2.05) is 42.5 Å². The summed E-state index contributed by atoms with van der Waals surface area (Å²) in [6, 6.07) is 20.3. The molecule has 166 valence electrons. The second-order valence-corrected chi connectivity index (χ2v) is 9.39. The van der Waals surface area contributed by atoms with Gasteiger partial charge in [-0.1, -0.05) is 42.0 Å². The molecule has 1 amide bonds. The fraction of sp³-hybridized carbons (Fsp3) is 0.296. The number of hydrogen-bond acceptors (Lipinski definition) is 4. The summed E-state index contributed by atoms with van der Waals surface area (Å²) >= 11 is 1.45. The van der Waals surface area contributed by atoms with E-state index in [4.69, 9.17) is 5.73 Å². The first-order valence-corrected chi connectivity index (χ1v) is 12.1. The van der Waals surface area contributed by atoms with Crippen molar-refractivity contribution < 1.29 is 4.79 Å². The zero-order valence-electron chi connectivity index (χ0n) is 18.6. The van der Waals surface area contributed by atoms with Gasteiger partial charge in [0.2, 0.25) is 5.91 Å². The van der Waals surface area contributed by atoms with Crippen LogP contribution >= 0.6 is 11.9 Å². The monoisotopic (exact) mass is 445 g/mol. The van der Waals surface area contributed by atoms with Crippen molar-refractivity contribution in [2.24, 2.45) is 0 Å². The first-order chi connectivity index (χ1) is 15.6. The minimum atomic E-state index is 0.0253. The van der Waals surface area contributed by atoms with E-state index >= 15 is 0 Å². The molecule has 3 aromatic carbocycles. The smallest absolute Gasteiger partial charge is 0.239 e. The normalized spacial score (nSPS) is 13.7. The van der Waals surface area contributed by atoms with Gasteiger partial charge in [0.1, 0.15) is 0 Å². The van der Waals surface area contributed by atoms with Crippen molar-refractivity contribution in [1.29, 1.82) is 0 Å². The predicted octanol–water partition coefficient (Wildman–Crippen LogP) is 5.48. The van der Waals surface area contributed by atoms with Crippen molar-refractivity contribution in [2.75, 3.05) is 17.6 Å². The fourth-order valence-electron chi connectivity index (χ4n) is 4.41. The SMILES string of the molecule is Cc1ccccc1.Nc1ccc(SNCC(=O)Nc2c3c(cc4c2CCC4)CCC3)cc1. The number of rotatable bonds is 5. The quantitative estimate of drug-likeness (QED) is 0.359. The van der Waals surface area contributed by atoms with Crippen LogP contribution in [0.5, 0.6) is 0 Å². The summed E-state index contributed by atoms with van der Waals surface area (Å²) in [4.78, 5) is 13.5. The van der Waals surface area contributed by atoms with Crippen LogP contribution in [0.15, 0.2) is 65.6 Å². The predicted molar refractivity (Wildman–Crippen MR) is 135 cm³/mol. The summed E-state index contributed by atoms with van der Waals surface area (Å²) in [6.45, 7) is 2.37. The van der Waals surface area contributed by atoms with Gasteiger partial charge in [0.15, 0.2) is 0 Å². The average Bonchev–Trinajstić information content (AvgIpc) is 3.45. The number of anilines is 2. The molecule has 0 spiro atoms. The third-order valence-corrected chi connectivity index (χ3v) is 6.78. The average molecular weight is 446 g/mol. The van der Waals surface area contributed by atoms with Crippen molar-refractivity contribution >= 4 is 29.2 Å². The van der Waals surface area contributed by atoms with E-state index < -0.39 is 0 Å². The van der Waals surface area contributed by atoms with Crippen molar-refractivity contribution in [1.82, 2.24) is 4.72 Å². The van der Waals surface area contributed by atoms with E-state index in [-0.39, 0.29) is 12.5 Å². The highest BCUT2D eigenvalue weighted by atomic mass is 32.2. The third-order valence-electron chi connectivity index (χ3n) is 5.98. The molecule has 5 rings (SSSR count). The molecule has 2 aliphatic rings. The number of nitrogens with two attached hydrogens (primary N) is 1. The van der Waals surface area contributed by atoms with Crippen LogP contribution in [0.2, 0.25) is 0 Å². The highest BCUT2D eigenvalue weighted by molar-refractivity contribution is 7.97. The number of hydrogen-bond donors (Lipinski definition) is 3. The molecular weight excluding hydrogens is 414 g/mol. The van der Waals surface area contributed by atoms with Crippen LogP contribution < -0.4 is 15.8 Å². The highest BCUT2D eigenvalue weighted by Gasteiger charge is 2.24. The standard InChI is InChI=1S/C20H23N3OS.C7H8/c21-15-7-9-16(10-8-15)25-22-12-19(24)23-20-17-5-1-3-13(17)11-14-4-2-6-18(14)20;1-7-5-3-2-4-6-7/h7-11,22H,1-6,12,21H2,(H,23,24);2-6H,1H3. The van der Waals surface area contributed by atoms with Crippen molar-refractivity contribution in [3.05, 3.63) is 88.5 Å². The molecule has 0 aliphatic heterocycles. The number of carbonyl (C=O) groups excluding carboxylic acids is 1. The summed E-state index contributed by atoms with van der Waals surface area (Å²) in [5, 5.41) is 3.20.